The van der Waals surface area contributed by atoms with Gasteiger partial charge in [-0.3, -0.25) is 14.9 Å². The molecule has 1 aliphatic heterocycles. The molecule has 1 aliphatic rings. The molecule has 3 rings (SSSR count). The van der Waals surface area contributed by atoms with Gasteiger partial charge >= 0.3 is 6.03 Å². The summed E-state index contributed by atoms with van der Waals surface area (Å²) in [5.74, 6) is -0.555. The molecule has 0 atom stereocenters. The van der Waals surface area contributed by atoms with Gasteiger partial charge in [0.15, 0.2) is 0 Å². The van der Waals surface area contributed by atoms with Gasteiger partial charge in [0.05, 0.1) is 23.4 Å². The number of anilines is 1. The van der Waals surface area contributed by atoms with Gasteiger partial charge in [0, 0.05) is 16.7 Å². The summed E-state index contributed by atoms with van der Waals surface area (Å²) in [5, 5.41) is 2.60. The molecule has 1 N–H and O–H groups in total. The molecule has 0 unspecified atom stereocenters. The lowest BCUT2D eigenvalue weighted by atomic mass is 10.1. The summed E-state index contributed by atoms with van der Waals surface area (Å²) in [6, 6.07) is 7.30. The largest absolute Gasteiger partial charge is 0.493 e. The Kier molecular flexibility index (Phi) is 7.02. The average molecular weight is 508 g/mol. The highest BCUT2D eigenvalue weighted by molar-refractivity contribution is 9.10. The monoisotopic (exact) mass is 506 g/mol. The van der Waals surface area contributed by atoms with Gasteiger partial charge in [0.25, 0.3) is 11.8 Å². The standard InChI is InChI=1S/C22H20BrClN2O5/c1-4-30-18-11-19(31-5-2)16(23)9-13(18)8-15-20(27)25-22(29)26(21(15)28)14-7-6-12(3)17(24)10-14/h6-11H,4-5H2,1-3H3,(H,25,27,29)/b15-8-. The number of nitrogens with one attached hydrogen (secondary N) is 1. The highest BCUT2D eigenvalue weighted by Crippen LogP contribution is 2.35. The number of aryl methyl sites for hydroxylation is 1. The maximum absolute atomic E-state index is 13.1. The van der Waals surface area contributed by atoms with Crippen molar-refractivity contribution >= 4 is 57.1 Å². The minimum Gasteiger partial charge on any atom is -0.493 e. The van der Waals surface area contributed by atoms with E-state index < -0.39 is 17.8 Å². The maximum atomic E-state index is 13.1. The predicted octanol–water partition coefficient (Wildman–Crippen LogP) is 4.87. The summed E-state index contributed by atoms with van der Waals surface area (Å²) in [7, 11) is 0. The Hall–Kier alpha value is -2.84. The van der Waals surface area contributed by atoms with Crippen molar-refractivity contribution in [3.8, 4) is 11.5 Å². The number of imide groups is 2. The van der Waals surface area contributed by atoms with Crippen LogP contribution in [0.4, 0.5) is 10.5 Å². The van der Waals surface area contributed by atoms with E-state index in [9.17, 15) is 14.4 Å². The van der Waals surface area contributed by atoms with Crippen LogP contribution in [-0.2, 0) is 9.59 Å². The van der Waals surface area contributed by atoms with E-state index >= 15 is 0 Å². The van der Waals surface area contributed by atoms with Crippen LogP contribution in [0, 0.1) is 6.92 Å². The Bertz CT molecular complexity index is 1100. The van der Waals surface area contributed by atoms with Gasteiger partial charge in [0.1, 0.15) is 17.1 Å². The zero-order valence-electron chi connectivity index (χ0n) is 17.1. The molecule has 162 valence electrons. The first-order valence-corrected chi connectivity index (χ1v) is 10.7. The number of hydrogen-bond acceptors (Lipinski definition) is 5. The molecule has 4 amide bonds. The molecule has 0 bridgehead atoms. The molecule has 0 radical (unpaired) electrons. The number of ether oxygens (including phenoxy) is 2. The van der Waals surface area contributed by atoms with Crippen LogP contribution in [0.15, 0.2) is 40.4 Å². The highest BCUT2D eigenvalue weighted by Gasteiger charge is 2.37. The fourth-order valence-corrected chi connectivity index (χ4v) is 3.63. The first-order valence-electron chi connectivity index (χ1n) is 9.53. The van der Waals surface area contributed by atoms with E-state index in [-0.39, 0.29) is 11.3 Å². The number of carbonyl (C=O) groups excluding carboxylic acids is 3. The Balaban J connectivity index is 2.07. The van der Waals surface area contributed by atoms with Crippen molar-refractivity contribution in [2.45, 2.75) is 20.8 Å². The predicted molar refractivity (Wildman–Crippen MR) is 122 cm³/mol. The number of nitrogens with zero attached hydrogens (tertiary/aromatic N) is 1. The van der Waals surface area contributed by atoms with Crippen LogP contribution < -0.4 is 19.7 Å². The fourth-order valence-electron chi connectivity index (χ4n) is 2.98. The van der Waals surface area contributed by atoms with Gasteiger partial charge in [0.2, 0.25) is 0 Å². The molecule has 0 saturated carbocycles. The molecule has 2 aromatic rings. The van der Waals surface area contributed by atoms with Crippen LogP contribution in [0.3, 0.4) is 0 Å². The Morgan fingerprint density at radius 1 is 1.06 bits per heavy atom. The smallest absolute Gasteiger partial charge is 0.335 e. The summed E-state index contributed by atoms with van der Waals surface area (Å²) in [6.45, 7) is 6.31. The molecule has 0 aromatic heterocycles. The third-order valence-corrected chi connectivity index (χ3v) is 5.51. The lowest BCUT2D eigenvalue weighted by molar-refractivity contribution is -0.122. The van der Waals surface area contributed by atoms with E-state index in [0.717, 1.165) is 10.5 Å². The van der Waals surface area contributed by atoms with Gasteiger partial charge in [-0.1, -0.05) is 17.7 Å². The summed E-state index contributed by atoms with van der Waals surface area (Å²) in [6.07, 6.45) is 1.39. The molecule has 0 aliphatic carbocycles. The van der Waals surface area contributed by atoms with E-state index in [2.05, 4.69) is 21.2 Å². The van der Waals surface area contributed by atoms with E-state index in [1.165, 1.54) is 12.1 Å². The van der Waals surface area contributed by atoms with Crippen molar-refractivity contribution in [1.29, 1.82) is 0 Å². The minimum atomic E-state index is -0.843. The molecule has 0 spiro atoms. The van der Waals surface area contributed by atoms with Gasteiger partial charge in [-0.05, 0) is 66.5 Å². The third-order valence-electron chi connectivity index (χ3n) is 4.48. The van der Waals surface area contributed by atoms with E-state index in [1.54, 1.807) is 31.2 Å². The number of carbonyl (C=O) groups is 3. The number of hydrogen-bond donors (Lipinski definition) is 1. The summed E-state index contributed by atoms with van der Waals surface area (Å²) in [4.78, 5) is 38.9. The highest BCUT2D eigenvalue weighted by atomic mass is 79.9. The van der Waals surface area contributed by atoms with Gasteiger partial charge in [-0.15, -0.1) is 0 Å². The van der Waals surface area contributed by atoms with Crippen molar-refractivity contribution in [1.82, 2.24) is 5.32 Å². The zero-order chi connectivity index (χ0) is 22.7. The van der Waals surface area contributed by atoms with Crippen LogP contribution in [0.1, 0.15) is 25.0 Å². The van der Waals surface area contributed by atoms with Gasteiger partial charge in [-0.2, -0.15) is 0 Å². The molecule has 1 heterocycles. The number of amides is 4. The molecular weight excluding hydrogens is 488 g/mol. The van der Waals surface area contributed by atoms with Gasteiger partial charge in [-0.25, -0.2) is 9.69 Å². The van der Waals surface area contributed by atoms with Crippen molar-refractivity contribution in [2.75, 3.05) is 18.1 Å². The molecule has 2 aromatic carbocycles. The SMILES string of the molecule is CCOc1cc(OCC)c(/C=C2/C(=O)NC(=O)N(c3ccc(C)c(Cl)c3)C2=O)cc1Br. The summed E-state index contributed by atoms with van der Waals surface area (Å²) >= 11 is 9.58. The summed E-state index contributed by atoms with van der Waals surface area (Å²) in [5.41, 5.74) is 1.32. The van der Waals surface area contributed by atoms with Crippen molar-refractivity contribution in [3.05, 3.63) is 56.5 Å². The van der Waals surface area contributed by atoms with Gasteiger partial charge < -0.3 is 9.47 Å². The first kappa shape index (κ1) is 22.8. The number of halogens is 2. The lowest BCUT2D eigenvalue weighted by Crippen LogP contribution is -2.54. The van der Waals surface area contributed by atoms with E-state index in [4.69, 9.17) is 21.1 Å². The third kappa shape index (κ3) is 4.75. The van der Waals surface area contributed by atoms with Crippen LogP contribution in [-0.4, -0.2) is 31.1 Å². The fraction of sp³-hybridized carbons (Fsp3) is 0.227. The first-order chi connectivity index (χ1) is 14.8. The number of rotatable bonds is 6. The molecular formula is C22H20BrClN2O5. The zero-order valence-corrected chi connectivity index (χ0v) is 19.5. The number of urea groups is 1. The quantitative estimate of drug-likeness (QED) is 0.445. The second-order valence-electron chi connectivity index (χ2n) is 6.58. The van der Waals surface area contributed by atoms with Crippen LogP contribution >= 0.6 is 27.5 Å². The van der Waals surface area contributed by atoms with E-state index in [1.807, 2.05) is 13.8 Å². The van der Waals surface area contributed by atoms with Crippen LogP contribution in [0.25, 0.3) is 6.08 Å². The number of benzene rings is 2. The summed E-state index contributed by atoms with van der Waals surface area (Å²) < 4.78 is 11.9. The molecule has 1 fully saturated rings. The molecule has 1 saturated heterocycles. The second kappa shape index (κ2) is 9.53. The van der Waals surface area contributed by atoms with Crippen molar-refractivity contribution in [3.63, 3.8) is 0 Å². The van der Waals surface area contributed by atoms with Crippen LogP contribution in [0.5, 0.6) is 11.5 Å². The van der Waals surface area contributed by atoms with Crippen LogP contribution in [0.2, 0.25) is 5.02 Å². The second-order valence-corrected chi connectivity index (χ2v) is 7.84. The minimum absolute atomic E-state index is 0.215. The Morgan fingerprint density at radius 3 is 2.39 bits per heavy atom. The lowest BCUT2D eigenvalue weighted by Gasteiger charge is -2.26. The average Bonchev–Trinajstić information content (AvgIpc) is 2.71. The topological polar surface area (TPSA) is 84.9 Å². The maximum Gasteiger partial charge on any atom is 0.335 e. The molecule has 7 nitrogen and oxygen atoms in total. The van der Waals surface area contributed by atoms with E-state index in [0.29, 0.717) is 39.8 Å². The van der Waals surface area contributed by atoms with Crippen molar-refractivity contribution in [2.24, 2.45) is 0 Å². The number of barbiturate groups is 1. The Morgan fingerprint density at radius 2 is 1.74 bits per heavy atom. The normalized spacial score (nSPS) is 15.3. The molecule has 31 heavy (non-hydrogen) atoms. The Labute approximate surface area is 193 Å². The molecule has 9 heteroatoms. The van der Waals surface area contributed by atoms with Crippen molar-refractivity contribution < 1.29 is 23.9 Å².